The zero-order chi connectivity index (χ0) is 22.4. The molecule has 0 unspecified atom stereocenters. The number of benzene rings is 2. The summed E-state index contributed by atoms with van der Waals surface area (Å²) in [6.07, 6.45) is 4.94. The second-order valence-electron chi connectivity index (χ2n) is 8.20. The molecule has 4 rings (SSSR count). The highest BCUT2D eigenvalue weighted by molar-refractivity contribution is 7.99. The molecule has 3 aromatic rings. The van der Waals surface area contributed by atoms with E-state index in [1.165, 1.54) is 17.3 Å². The molecule has 0 radical (unpaired) electrons. The summed E-state index contributed by atoms with van der Waals surface area (Å²) in [5, 5.41) is 13.5. The number of para-hydroxylation sites is 1. The van der Waals surface area contributed by atoms with Crippen LogP contribution in [0, 0.1) is 11.3 Å². The number of hydrogen-bond acceptors (Lipinski definition) is 5. The molecule has 1 heterocycles. The number of fused-ring (bicyclic) bond motifs is 1. The van der Waals surface area contributed by atoms with Gasteiger partial charge in [0, 0.05) is 6.54 Å². The van der Waals surface area contributed by atoms with Crippen LogP contribution < -0.4 is 10.9 Å². The lowest BCUT2D eigenvalue weighted by Gasteiger charge is -2.22. The van der Waals surface area contributed by atoms with E-state index >= 15 is 0 Å². The Kier molecular flexibility index (Phi) is 6.91. The van der Waals surface area contributed by atoms with Crippen molar-refractivity contribution in [3.05, 3.63) is 70.5 Å². The van der Waals surface area contributed by atoms with Crippen molar-refractivity contribution < 1.29 is 4.79 Å². The Labute approximate surface area is 191 Å². The van der Waals surface area contributed by atoms with Gasteiger partial charge in [0.05, 0.1) is 22.7 Å². The number of nitriles is 1. The molecule has 2 aromatic carbocycles. The Morgan fingerprint density at radius 2 is 1.84 bits per heavy atom. The average Bonchev–Trinajstić information content (AvgIpc) is 3.29. The van der Waals surface area contributed by atoms with Crippen LogP contribution in [0.1, 0.15) is 37.7 Å². The SMILES string of the molecule is N#CC1(NC(=O)CSc2nc3ccccc3c(=O)n2CCCc2ccccc2)CCCC1. The Balaban J connectivity index is 1.51. The molecular formula is C25H26N4O2S. The number of aromatic nitrogens is 2. The molecule has 6 nitrogen and oxygen atoms in total. The van der Waals surface area contributed by atoms with Gasteiger partial charge in [-0.05, 0) is 56.2 Å². The van der Waals surface area contributed by atoms with Gasteiger partial charge in [-0.2, -0.15) is 5.26 Å². The van der Waals surface area contributed by atoms with Crippen LogP contribution in [-0.2, 0) is 17.8 Å². The van der Waals surface area contributed by atoms with Gasteiger partial charge in [-0.3, -0.25) is 14.2 Å². The largest absolute Gasteiger partial charge is 0.337 e. The van der Waals surface area contributed by atoms with Crippen LogP contribution in [0.25, 0.3) is 10.9 Å². The Hall–Kier alpha value is -3.11. The van der Waals surface area contributed by atoms with Gasteiger partial charge in [0.1, 0.15) is 5.54 Å². The maximum absolute atomic E-state index is 13.2. The number of amides is 1. The second-order valence-corrected chi connectivity index (χ2v) is 9.14. The predicted octanol–water partition coefficient (Wildman–Crippen LogP) is 4.07. The number of aryl methyl sites for hydroxylation is 1. The lowest BCUT2D eigenvalue weighted by molar-refractivity contribution is -0.119. The summed E-state index contributed by atoms with van der Waals surface area (Å²) in [4.78, 5) is 30.5. The minimum Gasteiger partial charge on any atom is -0.337 e. The monoisotopic (exact) mass is 446 g/mol. The first-order chi connectivity index (χ1) is 15.6. The maximum Gasteiger partial charge on any atom is 0.262 e. The van der Waals surface area contributed by atoms with Crippen molar-refractivity contribution in [1.82, 2.24) is 14.9 Å². The van der Waals surface area contributed by atoms with Crippen molar-refractivity contribution >= 4 is 28.6 Å². The zero-order valence-corrected chi connectivity index (χ0v) is 18.7. The first-order valence-corrected chi connectivity index (χ1v) is 12.0. The minimum absolute atomic E-state index is 0.0872. The van der Waals surface area contributed by atoms with Gasteiger partial charge in [-0.15, -0.1) is 0 Å². The standard InChI is InChI=1S/C25H26N4O2S/c26-18-25(14-6-7-15-25)28-22(30)17-32-24-27-21-13-5-4-12-20(21)23(31)29(24)16-8-11-19-9-2-1-3-10-19/h1-5,9-10,12-13H,6-8,11,14-17H2,(H,28,30). The molecule has 164 valence electrons. The molecule has 1 aromatic heterocycles. The summed E-state index contributed by atoms with van der Waals surface area (Å²) in [7, 11) is 0. The first kappa shape index (κ1) is 22.1. The van der Waals surface area contributed by atoms with Crippen LogP contribution in [0.3, 0.4) is 0 Å². The van der Waals surface area contributed by atoms with E-state index in [4.69, 9.17) is 0 Å². The Morgan fingerprint density at radius 3 is 2.59 bits per heavy atom. The lowest BCUT2D eigenvalue weighted by Crippen LogP contribution is -2.45. The number of nitrogens with one attached hydrogen (secondary N) is 1. The van der Waals surface area contributed by atoms with E-state index in [1.807, 2.05) is 36.4 Å². The molecule has 0 spiro atoms. The fourth-order valence-electron chi connectivity index (χ4n) is 4.22. The Bertz CT molecular complexity index is 1190. The summed E-state index contributed by atoms with van der Waals surface area (Å²) in [5.74, 6) is -0.0796. The highest BCUT2D eigenvalue weighted by Gasteiger charge is 2.35. The number of thioether (sulfide) groups is 1. The molecule has 1 amide bonds. The molecule has 0 aliphatic heterocycles. The van der Waals surface area contributed by atoms with E-state index in [2.05, 4.69) is 28.5 Å². The number of hydrogen-bond donors (Lipinski definition) is 1. The van der Waals surface area contributed by atoms with Gasteiger partial charge in [0.2, 0.25) is 5.91 Å². The molecule has 0 atom stereocenters. The number of carbonyl (C=O) groups excluding carboxylic acids is 1. The highest BCUT2D eigenvalue weighted by atomic mass is 32.2. The molecule has 1 aliphatic carbocycles. The third kappa shape index (κ3) is 5.03. The summed E-state index contributed by atoms with van der Waals surface area (Å²) in [5.41, 5.74) is 1.02. The summed E-state index contributed by atoms with van der Waals surface area (Å²) < 4.78 is 1.68. The van der Waals surface area contributed by atoms with Gasteiger partial charge < -0.3 is 5.32 Å². The molecule has 1 saturated carbocycles. The van der Waals surface area contributed by atoms with Crippen LogP contribution >= 0.6 is 11.8 Å². The zero-order valence-electron chi connectivity index (χ0n) is 17.9. The lowest BCUT2D eigenvalue weighted by atomic mass is 10.0. The highest BCUT2D eigenvalue weighted by Crippen LogP contribution is 2.29. The minimum atomic E-state index is -0.746. The van der Waals surface area contributed by atoms with E-state index in [9.17, 15) is 14.9 Å². The number of rotatable bonds is 8. The maximum atomic E-state index is 13.2. The number of nitrogens with zero attached hydrogens (tertiary/aromatic N) is 3. The van der Waals surface area contributed by atoms with E-state index < -0.39 is 5.54 Å². The summed E-state index contributed by atoms with van der Waals surface area (Å²) >= 11 is 1.25. The van der Waals surface area contributed by atoms with Crippen LogP contribution in [0.2, 0.25) is 0 Å². The van der Waals surface area contributed by atoms with Crippen molar-refractivity contribution in [3.8, 4) is 6.07 Å². The summed E-state index contributed by atoms with van der Waals surface area (Å²) in [6, 6.07) is 19.7. The van der Waals surface area contributed by atoms with E-state index in [1.54, 1.807) is 10.6 Å². The Morgan fingerprint density at radius 1 is 1.12 bits per heavy atom. The molecule has 1 N–H and O–H groups in total. The van der Waals surface area contributed by atoms with Crippen molar-refractivity contribution in [2.75, 3.05) is 5.75 Å². The molecule has 1 fully saturated rings. The quantitative estimate of drug-likeness (QED) is 0.416. The normalized spacial score (nSPS) is 14.8. The van der Waals surface area contributed by atoms with Crippen molar-refractivity contribution in [1.29, 1.82) is 5.26 Å². The van der Waals surface area contributed by atoms with Crippen LogP contribution in [-0.4, -0.2) is 26.8 Å². The van der Waals surface area contributed by atoms with Gasteiger partial charge in [-0.1, -0.05) is 54.2 Å². The van der Waals surface area contributed by atoms with Gasteiger partial charge >= 0.3 is 0 Å². The summed E-state index contributed by atoms with van der Waals surface area (Å²) in [6.45, 7) is 0.525. The van der Waals surface area contributed by atoms with Crippen LogP contribution in [0.4, 0.5) is 0 Å². The molecule has 32 heavy (non-hydrogen) atoms. The third-order valence-corrected chi connectivity index (χ3v) is 6.88. The fraction of sp³-hybridized carbons (Fsp3) is 0.360. The molecular weight excluding hydrogens is 420 g/mol. The van der Waals surface area contributed by atoms with Crippen molar-refractivity contribution in [3.63, 3.8) is 0 Å². The van der Waals surface area contributed by atoms with Crippen molar-refractivity contribution in [2.45, 2.75) is 55.8 Å². The van der Waals surface area contributed by atoms with Gasteiger partial charge in [-0.25, -0.2) is 4.98 Å². The van der Waals surface area contributed by atoms with Crippen LogP contribution in [0.5, 0.6) is 0 Å². The molecule has 0 saturated heterocycles. The predicted molar refractivity (Wildman–Crippen MR) is 126 cm³/mol. The van der Waals surface area contributed by atoms with Gasteiger partial charge in [0.25, 0.3) is 5.56 Å². The van der Waals surface area contributed by atoms with Crippen molar-refractivity contribution in [2.24, 2.45) is 0 Å². The average molecular weight is 447 g/mol. The van der Waals surface area contributed by atoms with Crippen LogP contribution in [0.15, 0.2) is 64.5 Å². The fourth-order valence-corrected chi connectivity index (χ4v) is 5.04. The molecule has 0 bridgehead atoms. The molecule has 7 heteroatoms. The topological polar surface area (TPSA) is 87.8 Å². The van der Waals surface area contributed by atoms with E-state index in [-0.39, 0.29) is 17.2 Å². The smallest absolute Gasteiger partial charge is 0.262 e. The third-order valence-electron chi connectivity index (χ3n) is 5.90. The second kappa shape index (κ2) is 10.0. The molecule has 1 aliphatic rings. The van der Waals surface area contributed by atoms with Gasteiger partial charge in [0.15, 0.2) is 5.16 Å². The van der Waals surface area contributed by atoms with E-state index in [0.717, 1.165) is 25.7 Å². The first-order valence-electron chi connectivity index (χ1n) is 11.0. The van der Waals surface area contributed by atoms with E-state index in [0.29, 0.717) is 35.4 Å². The number of carbonyl (C=O) groups is 1.